The first kappa shape index (κ1) is 29.8. The number of nitrogens with one attached hydrogen (secondary N) is 3. The van der Waals surface area contributed by atoms with E-state index in [-0.39, 0.29) is 59.6 Å². The topological polar surface area (TPSA) is 91.8 Å². The Hall–Kier alpha value is -0.660. The van der Waals surface area contributed by atoms with Gasteiger partial charge >= 0.3 is 6.18 Å². The standard InChI is InChI=1S/C26H44ClF3N6O2S/c1-25(2)10-11-35(19-15-32-21-14-20(27)33-36(21)23(19)25)18-6-4-16(5-7-18)22(26(28,29)30)34(3)24(37)17-8-12-39(31,38)13-9-17/h16-23,31-33H,4-15H2,1-3H3/t16?,17?,18?,19?,20?,21?,22-,23?,39?/m0/s1. The van der Waals surface area contributed by atoms with Crippen LogP contribution in [0, 0.1) is 22.0 Å². The van der Waals surface area contributed by atoms with Crippen molar-refractivity contribution in [2.75, 3.05) is 31.6 Å². The molecule has 4 heterocycles. The van der Waals surface area contributed by atoms with E-state index in [1.165, 1.54) is 7.05 Å². The van der Waals surface area contributed by atoms with Gasteiger partial charge < -0.3 is 4.90 Å². The number of piperidine rings is 1. The summed E-state index contributed by atoms with van der Waals surface area (Å²) in [5, 5.41) is 5.94. The van der Waals surface area contributed by atoms with Gasteiger partial charge in [-0.25, -0.2) is 14.6 Å². The van der Waals surface area contributed by atoms with Crippen LogP contribution in [0.2, 0.25) is 0 Å². The summed E-state index contributed by atoms with van der Waals surface area (Å²) in [7, 11) is -1.41. The zero-order valence-corrected chi connectivity index (χ0v) is 24.8. The largest absolute Gasteiger partial charge is 0.409 e. The van der Waals surface area contributed by atoms with Gasteiger partial charge in [-0.05, 0) is 62.8 Å². The van der Waals surface area contributed by atoms with Gasteiger partial charge in [0.15, 0.2) is 0 Å². The second kappa shape index (κ2) is 10.9. The lowest BCUT2D eigenvalue weighted by Crippen LogP contribution is -2.74. The van der Waals surface area contributed by atoms with Gasteiger partial charge in [-0.1, -0.05) is 13.8 Å². The molecule has 5 fully saturated rings. The Morgan fingerprint density at radius 1 is 1.15 bits per heavy atom. The lowest BCUT2D eigenvalue weighted by atomic mass is 9.71. The van der Waals surface area contributed by atoms with Crippen LogP contribution in [0.25, 0.3) is 0 Å². The number of carbonyl (C=O) groups excluding carboxylic acids is 1. The summed E-state index contributed by atoms with van der Waals surface area (Å²) >= 11 is 6.44. The fourth-order valence-electron chi connectivity index (χ4n) is 8.14. The zero-order chi connectivity index (χ0) is 28.3. The number of hydrazine groups is 1. The highest BCUT2D eigenvalue weighted by Gasteiger charge is 2.55. The first-order valence-corrected chi connectivity index (χ1v) is 16.8. The van der Waals surface area contributed by atoms with Crippen molar-refractivity contribution in [2.24, 2.45) is 17.3 Å². The van der Waals surface area contributed by atoms with Crippen LogP contribution in [-0.2, 0) is 14.5 Å². The Morgan fingerprint density at radius 3 is 2.41 bits per heavy atom. The Labute approximate surface area is 235 Å². The number of nitrogens with zero attached hydrogens (tertiary/aromatic N) is 3. The van der Waals surface area contributed by atoms with Crippen LogP contribution in [-0.4, -0.2) is 98.6 Å². The maximum Gasteiger partial charge on any atom is 0.409 e. The van der Waals surface area contributed by atoms with Gasteiger partial charge in [0, 0.05) is 65.3 Å². The van der Waals surface area contributed by atoms with E-state index in [9.17, 15) is 22.2 Å². The molecule has 0 bridgehead atoms. The molecule has 224 valence electrons. The molecule has 1 amide bonds. The third-order valence-electron chi connectivity index (χ3n) is 10.2. The van der Waals surface area contributed by atoms with Crippen LogP contribution in [0.5, 0.6) is 0 Å². The predicted molar refractivity (Wildman–Crippen MR) is 145 cm³/mol. The molecule has 0 aromatic heterocycles. The van der Waals surface area contributed by atoms with Crippen molar-refractivity contribution in [3.8, 4) is 0 Å². The SMILES string of the molecule is CN(C(=O)C1CCS(=N)(=O)CC1)[C@@H](C1CCC(N2CCC(C)(C)C3C2CNC2CC(Cl)NN23)CC1)C(F)(F)F. The monoisotopic (exact) mass is 596 g/mol. The first-order valence-electron chi connectivity index (χ1n) is 14.4. The molecule has 8 nitrogen and oxygen atoms in total. The van der Waals surface area contributed by atoms with Crippen LogP contribution < -0.4 is 10.7 Å². The molecule has 5 atom stereocenters. The van der Waals surface area contributed by atoms with Gasteiger partial charge in [-0.3, -0.25) is 19.8 Å². The molecule has 5 aliphatic rings. The highest BCUT2D eigenvalue weighted by atomic mass is 35.5. The van der Waals surface area contributed by atoms with Gasteiger partial charge in [-0.15, -0.1) is 11.6 Å². The second-order valence-electron chi connectivity index (χ2n) is 13.2. The average molecular weight is 597 g/mol. The molecule has 13 heteroatoms. The molecule has 0 aromatic rings. The van der Waals surface area contributed by atoms with Gasteiger partial charge in [-0.2, -0.15) is 13.2 Å². The van der Waals surface area contributed by atoms with Crippen molar-refractivity contribution in [3.63, 3.8) is 0 Å². The van der Waals surface area contributed by atoms with E-state index in [0.29, 0.717) is 25.7 Å². The Bertz CT molecular complexity index is 1010. The van der Waals surface area contributed by atoms with E-state index in [2.05, 4.69) is 34.5 Å². The molecule has 4 saturated heterocycles. The van der Waals surface area contributed by atoms with Crippen molar-refractivity contribution in [2.45, 2.75) is 107 Å². The van der Waals surface area contributed by atoms with Crippen molar-refractivity contribution in [1.29, 1.82) is 4.78 Å². The minimum absolute atomic E-state index is 0.0853. The molecule has 0 radical (unpaired) electrons. The third kappa shape index (κ3) is 5.98. The number of rotatable bonds is 4. The van der Waals surface area contributed by atoms with E-state index in [4.69, 9.17) is 16.4 Å². The zero-order valence-electron chi connectivity index (χ0n) is 23.2. The minimum Gasteiger partial charge on any atom is -0.333 e. The summed E-state index contributed by atoms with van der Waals surface area (Å²) in [4.78, 5) is 16.6. The molecule has 4 aliphatic heterocycles. The van der Waals surface area contributed by atoms with E-state index < -0.39 is 39.7 Å². The van der Waals surface area contributed by atoms with Gasteiger partial charge in [0.2, 0.25) is 5.91 Å². The van der Waals surface area contributed by atoms with Crippen molar-refractivity contribution in [1.82, 2.24) is 25.6 Å². The Morgan fingerprint density at radius 2 is 1.79 bits per heavy atom. The molecule has 1 aliphatic carbocycles. The fraction of sp³-hybridized carbons (Fsp3) is 0.962. The van der Waals surface area contributed by atoms with Crippen LogP contribution >= 0.6 is 11.6 Å². The third-order valence-corrected chi connectivity index (χ3v) is 12.3. The Balaban J connectivity index is 1.25. The highest BCUT2D eigenvalue weighted by Crippen LogP contribution is 2.45. The van der Waals surface area contributed by atoms with Crippen LogP contribution in [0.3, 0.4) is 0 Å². The number of halogens is 4. The van der Waals surface area contributed by atoms with E-state index in [1.807, 2.05) is 0 Å². The number of hydrogen-bond donors (Lipinski definition) is 3. The molecule has 4 unspecified atom stereocenters. The lowest BCUT2D eigenvalue weighted by molar-refractivity contribution is -0.203. The maximum absolute atomic E-state index is 14.4. The van der Waals surface area contributed by atoms with Crippen molar-refractivity contribution >= 4 is 27.2 Å². The lowest BCUT2D eigenvalue weighted by Gasteiger charge is -2.59. The number of likely N-dealkylation sites (tertiary alicyclic amines) is 1. The summed E-state index contributed by atoms with van der Waals surface area (Å²) in [6.45, 7) is 6.38. The molecule has 0 spiro atoms. The quantitative estimate of drug-likeness (QED) is 0.340. The predicted octanol–water partition coefficient (Wildman–Crippen LogP) is 3.56. The van der Waals surface area contributed by atoms with Crippen LogP contribution in [0.4, 0.5) is 13.2 Å². The number of alkyl halides is 4. The fourth-order valence-corrected chi connectivity index (χ4v) is 9.96. The van der Waals surface area contributed by atoms with Gasteiger partial charge in [0.1, 0.15) is 6.04 Å². The van der Waals surface area contributed by atoms with Gasteiger partial charge in [0.05, 0.1) is 11.7 Å². The van der Waals surface area contributed by atoms with Crippen molar-refractivity contribution < 1.29 is 22.2 Å². The van der Waals surface area contributed by atoms with Crippen LogP contribution in [0.15, 0.2) is 0 Å². The summed E-state index contributed by atoms with van der Waals surface area (Å²) in [6.07, 6.45) is 0.199. The molecular formula is C26H44ClF3N6O2S. The Kier molecular flexibility index (Phi) is 8.31. The summed E-state index contributed by atoms with van der Waals surface area (Å²) in [5.74, 6) is -1.57. The number of amides is 1. The van der Waals surface area contributed by atoms with E-state index in [1.54, 1.807) is 0 Å². The van der Waals surface area contributed by atoms with Crippen molar-refractivity contribution in [3.05, 3.63) is 0 Å². The smallest absolute Gasteiger partial charge is 0.333 e. The normalized spacial score (nSPS) is 42.4. The van der Waals surface area contributed by atoms with Crippen LogP contribution in [0.1, 0.15) is 65.2 Å². The maximum atomic E-state index is 14.4. The number of hydrogen-bond acceptors (Lipinski definition) is 7. The molecule has 5 rings (SSSR count). The van der Waals surface area contributed by atoms with E-state index >= 15 is 0 Å². The minimum atomic E-state index is -4.51. The van der Waals surface area contributed by atoms with E-state index in [0.717, 1.165) is 30.8 Å². The second-order valence-corrected chi connectivity index (χ2v) is 16.1. The average Bonchev–Trinajstić information content (AvgIpc) is 3.23. The molecule has 0 aromatic carbocycles. The summed E-state index contributed by atoms with van der Waals surface area (Å²) in [5.41, 5.74) is 3.43. The molecular weight excluding hydrogens is 553 g/mol. The summed E-state index contributed by atoms with van der Waals surface area (Å²) < 4.78 is 62.9. The number of fused-ring (bicyclic) bond motifs is 3. The molecule has 3 N–H and O–H groups in total. The molecule has 1 saturated carbocycles. The first-order chi connectivity index (χ1) is 18.2. The molecule has 39 heavy (non-hydrogen) atoms. The summed E-state index contributed by atoms with van der Waals surface area (Å²) in [6, 6.07) is -1.08. The number of carbonyl (C=O) groups is 1. The van der Waals surface area contributed by atoms with Gasteiger partial charge in [0.25, 0.3) is 0 Å². The highest BCUT2D eigenvalue weighted by molar-refractivity contribution is 7.92.